The van der Waals surface area contributed by atoms with Crippen LogP contribution >= 0.6 is 11.8 Å². The average Bonchev–Trinajstić information content (AvgIpc) is 3.06. The van der Waals surface area contributed by atoms with E-state index in [9.17, 15) is 53.4 Å². The number of carbonyl (C=O) groups excluding carboxylic acids is 7. The zero-order valence-corrected chi connectivity index (χ0v) is 30.2. The number of primary amides is 1. The van der Waals surface area contributed by atoms with Gasteiger partial charge in [0.05, 0.1) is 25.6 Å². The molecule has 20 nitrogen and oxygen atoms in total. The third-order valence-corrected chi connectivity index (χ3v) is 8.26. The van der Waals surface area contributed by atoms with Gasteiger partial charge in [0.2, 0.25) is 41.4 Å². The van der Waals surface area contributed by atoms with Gasteiger partial charge in [-0.15, -0.1) is 0 Å². The second-order valence-electron chi connectivity index (χ2n) is 12.1. The van der Waals surface area contributed by atoms with Gasteiger partial charge >= 0.3 is 11.9 Å². The number of amides is 7. The van der Waals surface area contributed by atoms with Crippen LogP contribution in [0.25, 0.3) is 0 Å². The molecule has 0 saturated carbocycles. The molecule has 0 aliphatic carbocycles. The molecule has 0 unspecified atom stereocenters. The monoisotopic (exact) mass is 748 g/mol. The Hall–Kier alpha value is -4.50. The number of carboxylic acids is 2. The maximum absolute atomic E-state index is 13.6. The van der Waals surface area contributed by atoms with E-state index in [4.69, 9.17) is 16.6 Å². The summed E-state index contributed by atoms with van der Waals surface area (Å²) < 4.78 is 0. The molecule has 7 amide bonds. The van der Waals surface area contributed by atoms with E-state index in [1.807, 2.05) is 5.32 Å². The van der Waals surface area contributed by atoms with Crippen molar-refractivity contribution in [3.63, 3.8) is 0 Å². The maximum Gasteiger partial charge on any atom is 0.328 e. The molecule has 0 bridgehead atoms. The Balaban J connectivity index is 6.10. The normalized spacial score (nSPS) is 15.1. The Kier molecular flexibility index (Phi) is 21.7. The van der Waals surface area contributed by atoms with Crippen LogP contribution in [0.15, 0.2) is 0 Å². The number of aliphatic hydroxyl groups is 1. The van der Waals surface area contributed by atoms with E-state index in [0.29, 0.717) is 12.2 Å². The lowest BCUT2D eigenvalue weighted by molar-refractivity contribution is -0.143. The predicted octanol–water partition coefficient (Wildman–Crippen LogP) is -3.87. The largest absolute Gasteiger partial charge is 0.481 e. The van der Waals surface area contributed by atoms with Crippen molar-refractivity contribution in [2.75, 3.05) is 25.2 Å². The van der Waals surface area contributed by atoms with Gasteiger partial charge in [-0.1, -0.05) is 34.1 Å². The summed E-state index contributed by atoms with van der Waals surface area (Å²) in [4.78, 5) is 112. The molecule has 0 radical (unpaired) electrons. The van der Waals surface area contributed by atoms with Gasteiger partial charge in [0.15, 0.2) is 0 Å². The van der Waals surface area contributed by atoms with Crippen molar-refractivity contribution < 1.29 is 58.5 Å². The molecule has 0 aliphatic heterocycles. The van der Waals surface area contributed by atoms with Crippen molar-refractivity contribution in [3.8, 4) is 0 Å². The number of carboxylic acid groups (broad SMARTS) is 2. The Bertz CT molecular complexity index is 1250. The lowest BCUT2D eigenvalue weighted by Gasteiger charge is -2.29. The van der Waals surface area contributed by atoms with Crippen LogP contribution in [0.4, 0.5) is 0 Å². The van der Waals surface area contributed by atoms with E-state index < -0.39 is 121 Å². The molecule has 7 atom stereocenters. The van der Waals surface area contributed by atoms with Gasteiger partial charge in [-0.2, -0.15) is 11.8 Å². The van der Waals surface area contributed by atoms with Gasteiger partial charge in [-0.05, 0) is 36.7 Å². The number of thioether (sulfide) groups is 1. The first-order valence-electron chi connectivity index (χ1n) is 16.2. The number of aliphatic carboxylic acids is 2. The first-order chi connectivity index (χ1) is 23.8. The second kappa shape index (κ2) is 23.8. The Morgan fingerprint density at radius 1 is 0.725 bits per heavy atom. The number of aliphatic hydroxyl groups excluding tert-OH is 1. The Morgan fingerprint density at radius 2 is 1.25 bits per heavy atom. The molecule has 0 saturated heterocycles. The van der Waals surface area contributed by atoms with Crippen LogP contribution < -0.4 is 43.4 Å². The van der Waals surface area contributed by atoms with E-state index in [-0.39, 0.29) is 18.8 Å². The van der Waals surface area contributed by atoms with Crippen LogP contribution in [0, 0.1) is 11.8 Å². The highest BCUT2D eigenvalue weighted by atomic mass is 32.2. The summed E-state index contributed by atoms with van der Waals surface area (Å²) in [7, 11) is 0. The van der Waals surface area contributed by atoms with Gasteiger partial charge in [0.25, 0.3) is 0 Å². The number of nitrogens with two attached hydrogens (primary N) is 2. The molecule has 21 heteroatoms. The molecular formula is C30H52N8O12S. The average molecular weight is 749 g/mol. The predicted molar refractivity (Wildman–Crippen MR) is 183 cm³/mol. The van der Waals surface area contributed by atoms with Gasteiger partial charge in [-0.3, -0.25) is 38.4 Å². The summed E-state index contributed by atoms with van der Waals surface area (Å²) in [5.74, 6) is -9.65. The number of nitrogens with one attached hydrogen (secondary N) is 6. The molecule has 0 aromatic heterocycles. The van der Waals surface area contributed by atoms with Crippen LogP contribution in [0.1, 0.15) is 59.8 Å². The fourth-order valence-electron chi connectivity index (χ4n) is 4.23. The molecule has 0 aliphatic rings. The lowest BCUT2D eigenvalue weighted by atomic mass is 9.97. The molecule has 0 spiro atoms. The van der Waals surface area contributed by atoms with Crippen molar-refractivity contribution >= 4 is 65.1 Å². The van der Waals surface area contributed by atoms with Crippen molar-refractivity contribution in [1.29, 1.82) is 0 Å². The highest BCUT2D eigenvalue weighted by molar-refractivity contribution is 7.98. The zero-order valence-electron chi connectivity index (χ0n) is 29.4. The molecule has 0 aromatic carbocycles. The fraction of sp³-hybridized carbons (Fsp3) is 0.700. The molecule has 51 heavy (non-hydrogen) atoms. The summed E-state index contributed by atoms with van der Waals surface area (Å²) in [5, 5.41) is 41.6. The van der Waals surface area contributed by atoms with Crippen LogP contribution in [0.5, 0.6) is 0 Å². The van der Waals surface area contributed by atoms with Crippen molar-refractivity contribution in [2.24, 2.45) is 23.3 Å². The van der Waals surface area contributed by atoms with Gasteiger partial charge in [0.1, 0.15) is 30.2 Å². The van der Waals surface area contributed by atoms with Crippen LogP contribution in [-0.2, 0) is 43.2 Å². The first-order valence-corrected chi connectivity index (χ1v) is 17.6. The summed E-state index contributed by atoms with van der Waals surface area (Å²) in [6.45, 7) is 5.19. The topological polar surface area (TPSA) is 339 Å². The van der Waals surface area contributed by atoms with Crippen molar-refractivity contribution in [2.45, 2.75) is 96.1 Å². The second-order valence-corrected chi connectivity index (χ2v) is 13.1. The van der Waals surface area contributed by atoms with E-state index in [1.54, 1.807) is 34.0 Å². The minimum absolute atomic E-state index is 0.00267. The van der Waals surface area contributed by atoms with Crippen molar-refractivity contribution in [3.05, 3.63) is 0 Å². The van der Waals surface area contributed by atoms with Crippen LogP contribution in [-0.4, -0.2) is 130 Å². The quantitative estimate of drug-likeness (QED) is 0.0426. The first kappa shape index (κ1) is 46.5. The number of rotatable bonds is 25. The van der Waals surface area contributed by atoms with Gasteiger partial charge in [0, 0.05) is 6.42 Å². The van der Waals surface area contributed by atoms with E-state index in [2.05, 4.69) is 26.6 Å². The molecule has 13 N–H and O–H groups in total. The molecule has 290 valence electrons. The maximum atomic E-state index is 13.6. The minimum Gasteiger partial charge on any atom is -0.481 e. The Labute approximate surface area is 299 Å². The molecular weight excluding hydrogens is 696 g/mol. The van der Waals surface area contributed by atoms with E-state index >= 15 is 0 Å². The van der Waals surface area contributed by atoms with E-state index in [0.717, 1.165) is 0 Å². The van der Waals surface area contributed by atoms with Gasteiger partial charge < -0.3 is 58.7 Å². The summed E-state index contributed by atoms with van der Waals surface area (Å²) in [5.41, 5.74) is 11.0. The Morgan fingerprint density at radius 3 is 1.75 bits per heavy atom. The van der Waals surface area contributed by atoms with Crippen LogP contribution in [0.3, 0.4) is 0 Å². The smallest absolute Gasteiger partial charge is 0.328 e. The third kappa shape index (κ3) is 17.8. The third-order valence-electron chi connectivity index (χ3n) is 7.62. The summed E-state index contributed by atoms with van der Waals surface area (Å²) >= 11 is 1.31. The van der Waals surface area contributed by atoms with E-state index in [1.165, 1.54) is 11.8 Å². The van der Waals surface area contributed by atoms with Crippen LogP contribution in [0.2, 0.25) is 0 Å². The zero-order chi connectivity index (χ0) is 39.4. The molecule has 0 aromatic rings. The number of hydrogen-bond donors (Lipinski definition) is 11. The number of carbonyl (C=O) groups is 9. The summed E-state index contributed by atoms with van der Waals surface area (Å²) in [6, 6.07) is -8.42. The molecule has 0 heterocycles. The lowest BCUT2D eigenvalue weighted by Crippen LogP contribution is -2.60. The SMILES string of the molecule is CC[C@H](C)[C@H](NC(=O)[C@H](CCC(=O)O)NC(=O)CNC(=O)[C@@H](N)C(C)C)C(=O)N[C@@H](CCSC)C(=O)N[C@@H](CC(N)=O)C(=O)N[C@@H](CO)C(=O)O. The highest BCUT2D eigenvalue weighted by Crippen LogP contribution is 2.12. The molecule has 0 fully saturated rings. The highest BCUT2D eigenvalue weighted by Gasteiger charge is 2.34. The van der Waals surface area contributed by atoms with Gasteiger partial charge in [-0.25, -0.2) is 4.79 Å². The minimum atomic E-state index is -1.75. The fourth-order valence-corrected chi connectivity index (χ4v) is 4.70. The number of hydrogen-bond acceptors (Lipinski definition) is 12. The van der Waals surface area contributed by atoms with Crippen molar-refractivity contribution in [1.82, 2.24) is 31.9 Å². The summed E-state index contributed by atoms with van der Waals surface area (Å²) in [6.07, 6.45) is 0.405. The standard InChI is InChI=1S/C30H52N8O12S/c1-6-15(4)24(38-26(45)16(7-8-22(42)43)34-21(41)12-33-28(47)23(32)14(2)3)29(48)35-17(9-10-51-5)25(44)36-18(11-20(31)40)27(46)37-19(13-39)30(49)50/h14-19,23-24,39H,6-13,32H2,1-5H3,(H2,31,40)(H,33,47)(H,34,41)(H,35,48)(H,36,44)(H,37,46)(H,38,45)(H,42,43)(H,49,50)/t15-,16-,17-,18-,19-,23-,24-/m0/s1. The molecule has 0 rings (SSSR count).